The van der Waals surface area contributed by atoms with Crippen molar-refractivity contribution in [2.75, 3.05) is 5.32 Å². The van der Waals surface area contributed by atoms with Gasteiger partial charge in [0.2, 0.25) is 0 Å². The Morgan fingerprint density at radius 1 is 1.00 bits per heavy atom. The third kappa shape index (κ3) is 2.00. The Morgan fingerprint density at radius 2 is 1.75 bits per heavy atom. The Kier molecular flexibility index (Phi) is 2.89. The van der Waals surface area contributed by atoms with Gasteiger partial charge in [0.25, 0.3) is 0 Å². The number of nitrogens with one attached hydrogen (secondary N) is 1. The first-order valence-electron chi connectivity index (χ1n) is 5.57. The molecular weight excluding hydrogens is 329 g/mol. The number of benzene rings is 2. The van der Waals surface area contributed by atoms with Crippen LogP contribution in [-0.2, 0) is 0 Å². The van der Waals surface area contributed by atoms with Gasteiger partial charge in [-0.15, -0.1) is 0 Å². The monoisotopic (exact) mass is 337 g/mol. The fourth-order valence-electron chi connectivity index (χ4n) is 1.95. The molecule has 1 aliphatic rings. The molecule has 100 valence electrons. The minimum absolute atomic E-state index is 0.200. The summed E-state index contributed by atoms with van der Waals surface area (Å²) in [6.45, 7) is 0. The predicted octanol–water partition coefficient (Wildman–Crippen LogP) is 1.21. The number of nitro benzene ring substituents is 2. The van der Waals surface area contributed by atoms with Crippen molar-refractivity contribution in [2.45, 2.75) is 0 Å². The summed E-state index contributed by atoms with van der Waals surface area (Å²) in [5, 5.41) is 25.0. The van der Waals surface area contributed by atoms with Crippen LogP contribution in [0.15, 0.2) is 36.4 Å². The van der Waals surface area contributed by atoms with Gasteiger partial charge in [-0.05, 0) is 0 Å². The third-order valence-electron chi connectivity index (χ3n) is 2.84. The van der Waals surface area contributed by atoms with Crippen molar-refractivity contribution in [2.24, 2.45) is 0 Å². The zero-order valence-corrected chi connectivity index (χ0v) is 11.6. The van der Waals surface area contributed by atoms with Crippen LogP contribution < -0.4 is 14.2 Å². The Morgan fingerprint density at radius 3 is 2.45 bits per heavy atom. The van der Waals surface area contributed by atoms with Gasteiger partial charge < -0.3 is 0 Å². The first kappa shape index (κ1) is 12.6. The van der Waals surface area contributed by atoms with Crippen LogP contribution in [0.1, 0.15) is 0 Å². The second-order valence-corrected chi connectivity index (χ2v) is 6.35. The molecule has 0 fully saturated rings. The van der Waals surface area contributed by atoms with Crippen LogP contribution in [0, 0.1) is 20.2 Å². The van der Waals surface area contributed by atoms with E-state index in [1.54, 1.807) is 0 Å². The van der Waals surface area contributed by atoms with E-state index in [0.717, 1.165) is 16.2 Å². The maximum atomic E-state index is 11.1. The molecule has 0 saturated heterocycles. The summed E-state index contributed by atoms with van der Waals surface area (Å²) >= 11 is -0.200. The minimum atomic E-state index is -0.607. The van der Waals surface area contributed by atoms with Crippen molar-refractivity contribution >= 4 is 46.6 Å². The number of anilines is 2. The zero-order chi connectivity index (χ0) is 14.3. The van der Waals surface area contributed by atoms with Crippen LogP contribution in [-0.4, -0.2) is 24.8 Å². The molecule has 7 nitrogen and oxygen atoms in total. The van der Waals surface area contributed by atoms with E-state index in [9.17, 15) is 20.2 Å². The molecule has 0 amide bonds. The SMILES string of the molecule is O=[N+]([O-])c1cc2c(c([N+](=O)[O-])c1)Nc1ccccc1[Se]2. The molecule has 3 rings (SSSR count). The first-order valence-corrected chi connectivity index (χ1v) is 7.28. The summed E-state index contributed by atoms with van der Waals surface area (Å²) in [6, 6.07) is 9.87. The summed E-state index contributed by atoms with van der Waals surface area (Å²) in [5.41, 5.74) is 0.667. The Balaban J connectivity index is 2.19. The number of nitro groups is 2. The predicted molar refractivity (Wildman–Crippen MR) is 74.5 cm³/mol. The van der Waals surface area contributed by atoms with E-state index in [-0.39, 0.29) is 26.3 Å². The van der Waals surface area contributed by atoms with Crippen LogP contribution in [0.4, 0.5) is 22.7 Å². The van der Waals surface area contributed by atoms with Crippen LogP contribution in [0.3, 0.4) is 0 Å². The van der Waals surface area contributed by atoms with E-state index in [1.807, 2.05) is 24.3 Å². The molecule has 0 bridgehead atoms. The van der Waals surface area contributed by atoms with Crippen LogP contribution in [0.5, 0.6) is 0 Å². The van der Waals surface area contributed by atoms with E-state index in [0.29, 0.717) is 10.1 Å². The molecule has 1 aliphatic heterocycles. The number of hydrogen-bond acceptors (Lipinski definition) is 5. The van der Waals surface area contributed by atoms with E-state index in [4.69, 9.17) is 0 Å². The van der Waals surface area contributed by atoms with Gasteiger partial charge >= 0.3 is 118 Å². The molecule has 8 heteroatoms. The molecule has 0 unspecified atom stereocenters. The van der Waals surface area contributed by atoms with Crippen molar-refractivity contribution in [1.82, 2.24) is 0 Å². The summed E-state index contributed by atoms with van der Waals surface area (Å²) in [5.74, 6) is 0. The summed E-state index contributed by atoms with van der Waals surface area (Å²) < 4.78 is 1.64. The van der Waals surface area contributed by atoms with Gasteiger partial charge in [0.1, 0.15) is 0 Å². The van der Waals surface area contributed by atoms with Crippen molar-refractivity contribution in [1.29, 1.82) is 0 Å². The summed E-state index contributed by atoms with van der Waals surface area (Å²) in [7, 11) is 0. The molecule has 0 aromatic heterocycles. The molecule has 20 heavy (non-hydrogen) atoms. The normalized spacial score (nSPS) is 12.0. The average molecular weight is 336 g/mol. The van der Waals surface area contributed by atoms with Crippen molar-refractivity contribution in [3.8, 4) is 0 Å². The molecular formula is C12H7N3O4Se. The van der Waals surface area contributed by atoms with Gasteiger partial charge in [0.05, 0.1) is 0 Å². The molecule has 1 heterocycles. The molecule has 0 saturated carbocycles. The quantitative estimate of drug-likeness (QED) is 0.431. The molecule has 2 aromatic carbocycles. The summed E-state index contributed by atoms with van der Waals surface area (Å²) in [4.78, 5) is 20.8. The van der Waals surface area contributed by atoms with E-state index >= 15 is 0 Å². The van der Waals surface area contributed by atoms with Gasteiger partial charge in [-0.1, -0.05) is 0 Å². The Bertz CT molecular complexity index is 747. The zero-order valence-electron chi connectivity index (χ0n) is 9.90. The number of rotatable bonds is 2. The number of nitrogens with zero attached hydrogens (tertiary/aromatic N) is 2. The molecule has 0 atom stereocenters. The fraction of sp³-hybridized carbons (Fsp3) is 0. The Labute approximate surface area is 119 Å². The molecule has 0 radical (unpaired) electrons. The van der Waals surface area contributed by atoms with Gasteiger partial charge in [-0.3, -0.25) is 0 Å². The number of non-ortho nitro benzene ring substituents is 1. The Hall–Kier alpha value is -2.44. The van der Waals surface area contributed by atoms with Crippen LogP contribution in [0.2, 0.25) is 0 Å². The average Bonchev–Trinajstić information content (AvgIpc) is 2.43. The van der Waals surface area contributed by atoms with Crippen molar-refractivity contribution < 1.29 is 9.85 Å². The number of fused-ring (bicyclic) bond motifs is 2. The van der Waals surface area contributed by atoms with Crippen LogP contribution in [0.25, 0.3) is 0 Å². The van der Waals surface area contributed by atoms with Gasteiger partial charge in [-0.25, -0.2) is 0 Å². The van der Waals surface area contributed by atoms with Gasteiger partial charge in [0.15, 0.2) is 0 Å². The molecule has 1 N–H and O–H groups in total. The number of para-hydroxylation sites is 1. The van der Waals surface area contributed by atoms with Crippen molar-refractivity contribution in [3.05, 3.63) is 56.6 Å². The second kappa shape index (κ2) is 4.59. The third-order valence-corrected chi connectivity index (χ3v) is 5.19. The topological polar surface area (TPSA) is 98.3 Å². The molecule has 0 spiro atoms. The molecule has 2 aromatic rings. The van der Waals surface area contributed by atoms with Gasteiger partial charge in [-0.2, -0.15) is 0 Å². The van der Waals surface area contributed by atoms with E-state index in [2.05, 4.69) is 5.32 Å². The van der Waals surface area contributed by atoms with E-state index < -0.39 is 9.85 Å². The van der Waals surface area contributed by atoms with Crippen LogP contribution >= 0.6 is 0 Å². The van der Waals surface area contributed by atoms with Gasteiger partial charge in [0, 0.05) is 0 Å². The van der Waals surface area contributed by atoms with Crippen molar-refractivity contribution in [3.63, 3.8) is 0 Å². The second-order valence-electron chi connectivity index (χ2n) is 4.08. The first-order chi connectivity index (χ1) is 9.56. The molecule has 0 aliphatic carbocycles. The number of hydrogen-bond donors (Lipinski definition) is 1. The maximum absolute atomic E-state index is 11.1. The van der Waals surface area contributed by atoms with E-state index in [1.165, 1.54) is 6.07 Å². The fourth-order valence-corrected chi connectivity index (χ4v) is 4.16. The standard InChI is InChI=1S/C12H7N3O4Se/c16-14(17)7-5-9(15(18)19)12-11(6-7)20-10-4-2-1-3-8(10)13-12/h1-6,13H. The summed E-state index contributed by atoms with van der Waals surface area (Å²) in [6.07, 6.45) is 0.